The second-order valence-electron chi connectivity index (χ2n) is 5.26. The van der Waals surface area contributed by atoms with Crippen molar-refractivity contribution in [1.82, 2.24) is 4.90 Å². The molecule has 0 heterocycles. The lowest BCUT2D eigenvalue weighted by Crippen LogP contribution is -2.50. The summed E-state index contributed by atoms with van der Waals surface area (Å²) in [7, 11) is 0. The Bertz CT molecular complexity index is 280. The third-order valence-corrected chi connectivity index (χ3v) is 3.92. The predicted octanol–water partition coefficient (Wildman–Crippen LogP) is 1.37. The average Bonchev–Trinajstić information content (AvgIpc) is 2.63. The molecule has 3 N–H and O–H groups in total. The van der Waals surface area contributed by atoms with Gasteiger partial charge in [-0.15, -0.1) is 0 Å². The van der Waals surface area contributed by atoms with Crippen molar-refractivity contribution in [1.29, 1.82) is 0 Å². The first-order valence-corrected chi connectivity index (χ1v) is 6.94. The number of hydrogen-bond donors (Lipinski definition) is 2. The molecule has 1 saturated carbocycles. The second kappa shape index (κ2) is 7.75. The van der Waals surface area contributed by atoms with Gasteiger partial charge in [0.05, 0.1) is 18.6 Å². The number of alkyl halides is 2. The number of carbonyl (C=O) groups excluding carboxylic acids is 1. The number of carbonyl (C=O) groups is 1. The smallest absolute Gasteiger partial charge is 0.255 e. The number of aliphatic hydroxyl groups excluding tert-OH is 1. The van der Waals surface area contributed by atoms with E-state index in [1.165, 1.54) is 0 Å². The number of aliphatic hydroxyl groups is 1. The zero-order valence-electron chi connectivity index (χ0n) is 11.3. The molecule has 0 unspecified atom stereocenters. The van der Waals surface area contributed by atoms with Crippen molar-refractivity contribution >= 4 is 5.91 Å². The van der Waals surface area contributed by atoms with Crippen LogP contribution in [-0.4, -0.2) is 48.6 Å². The van der Waals surface area contributed by atoms with E-state index in [4.69, 9.17) is 10.8 Å². The van der Waals surface area contributed by atoms with Gasteiger partial charge in [0.25, 0.3) is 6.43 Å². The lowest BCUT2D eigenvalue weighted by atomic mass is 9.79. The Morgan fingerprint density at radius 3 is 2.26 bits per heavy atom. The highest BCUT2D eigenvalue weighted by molar-refractivity contribution is 5.83. The van der Waals surface area contributed by atoms with Crippen molar-refractivity contribution in [3.05, 3.63) is 0 Å². The summed E-state index contributed by atoms with van der Waals surface area (Å²) in [4.78, 5) is 13.6. The summed E-state index contributed by atoms with van der Waals surface area (Å²) >= 11 is 0. The maximum absolute atomic E-state index is 12.5. The molecule has 1 rings (SSSR count). The summed E-state index contributed by atoms with van der Waals surface area (Å²) in [6.45, 7) is -0.790. The zero-order valence-corrected chi connectivity index (χ0v) is 11.3. The van der Waals surface area contributed by atoms with Gasteiger partial charge in [-0.25, -0.2) is 8.78 Å². The van der Waals surface area contributed by atoms with Gasteiger partial charge in [0.15, 0.2) is 0 Å². The van der Waals surface area contributed by atoms with E-state index in [0.29, 0.717) is 12.8 Å². The first-order valence-electron chi connectivity index (χ1n) is 6.94. The third kappa shape index (κ3) is 4.38. The Labute approximate surface area is 112 Å². The van der Waals surface area contributed by atoms with Crippen LogP contribution < -0.4 is 5.73 Å². The molecule has 0 radical (unpaired) electrons. The molecule has 112 valence electrons. The molecule has 0 spiro atoms. The van der Waals surface area contributed by atoms with Crippen molar-refractivity contribution in [3.8, 4) is 0 Å². The fourth-order valence-electron chi connectivity index (χ4n) is 2.81. The van der Waals surface area contributed by atoms with Gasteiger partial charge in [0.1, 0.15) is 0 Å². The van der Waals surface area contributed by atoms with Crippen LogP contribution in [0.3, 0.4) is 0 Å². The second-order valence-corrected chi connectivity index (χ2v) is 5.26. The van der Waals surface area contributed by atoms with E-state index < -0.39 is 18.4 Å². The minimum absolute atomic E-state index is 0.0507. The Kier molecular flexibility index (Phi) is 6.65. The number of nitrogens with two attached hydrogens (primary N) is 1. The summed E-state index contributed by atoms with van der Waals surface area (Å²) in [5.41, 5.74) is 5.07. The zero-order chi connectivity index (χ0) is 14.3. The summed E-state index contributed by atoms with van der Waals surface area (Å²) in [6, 6.07) is 0. The van der Waals surface area contributed by atoms with Gasteiger partial charge >= 0.3 is 0 Å². The van der Waals surface area contributed by atoms with E-state index in [-0.39, 0.29) is 25.6 Å². The first kappa shape index (κ1) is 16.3. The van der Waals surface area contributed by atoms with Crippen molar-refractivity contribution in [3.63, 3.8) is 0 Å². The van der Waals surface area contributed by atoms with Gasteiger partial charge in [0, 0.05) is 13.1 Å². The van der Waals surface area contributed by atoms with E-state index >= 15 is 0 Å². The summed E-state index contributed by atoms with van der Waals surface area (Å²) < 4.78 is 25.1. The van der Waals surface area contributed by atoms with Gasteiger partial charge < -0.3 is 15.7 Å². The lowest BCUT2D eigenvalue weighted by molar-refractivity contribution is -0.145. The average molecular weight is 278 g/mol. The van der Waals surface area contributed by atoms with Crippen LogP contribution in [0.25, 0.3) is 0 Å². The topological polar surface area (TPSA) is 66.6 Å². The molecule has 1 aliphatic rings. The molecule has 6 heteroatoms. The Morgan fingerprint density at radius 1 is 1.26 bits per heavy atom. The quantitative estimate of drug-likeness (QED) is 0.721. The number of hydrogen-bond acceptors (Lipinski definition) is 3. The Hall–Kier alpha value is -0.750. The Morgan fingerprint density at radius 2 is 1.84 bits per heavy atom. The number of nitrogens with zero attached hydrogens (tertiary/aromatic N) is 1. The fraction of sp³-hybridized carbons (Fsp3) is 0.923. The van der Waals surface area contributed by atoms with Crippen LogP contribution in [0.15, 0.2) is 0 Å². The molecule has 0 aromatic rings. The fourth-order valence-corrected chi connectivity index (χ4v) is 2.81. The van der Waals surface area contributed by atoms with Gasteiger partial charge in [-0.2, -0.15) is 0 Å². The van der Waals surface area contributed by atoms with E-state index in [1.807, 2.05) is 0 Å². The van der Waals surface area contributed by atoms with Crippen LogP contribution >= 0.6 is 0 Å². The highest BCUT2D eigenvalue weighted by atomic mass is 19.3. The van der Waals surface area contributed by atoms with Crippen LogP contribution in [0.1, 0.15) is 38.5 Å². The number of halogens is 2. The van der Waals surface area contributed by atoms with Crippen LogP contribution in [0, 0.1) is 5.41 Å². The van der Waals surface area contributed by atoms with Crippen LogP contribution in [-0.2, 0) is 4.79 Å². The standard InChI is InChI=1S/C13H24F2N2O2/c14-11(15)9-17(7-8-18)12(19)13(10-16)5-3-1-2-4-6-13/h11,18H,1-10,16H2. The third-order valence-electron chi connectivity index (χ3n) is 3.92. The van der Waals surface area contributed by atoms with Crippen LogP contribution in [0.4, 0.5) is 8.78 Å². The van der Waals surface area contributed by atoms with Crippen LogP contribution in [0.2, 0.25) is 0 Å². The minimum atomic E-state index is -2.59. The Balaban J connectivity index is 2.83. The molecule has 4 nitrogen and oxygen atoms in total. The van der Waals surface area contributed by atoms with E-state index in [9.17, 15) is 13.6 Å². The maximum Gasteiger partial charge on any atom is 0.255 e. The van der Waals surface area contributed by atoms with Crippen LogP contribution in [0.5, 0.6) is 0 Å². The normalized spacial score (nSPS) is 19.2. The number of amides is 1. The molecule has 19 heavy (non-hydrogen) atoms. The molecule has 1 fully saturated rings. The summed E-state index contributed by atoms with van der Waals surface area (Å²) in [5, 5.41) is 8.94. The SMILES string of the molecule is NCC1(C(=O)N(CCO)CC(F)F)CCCCCC1. The maximum atomic E-state index is 12.5. The molecule has 0 bridgehead atoms. The summed E-state index contributed by atoms with van der Waals surface area (Å²) in [5.74, 6) is -0.314. The number of rotatable bonds is 6. The first-order chi connectivity index (χ1) is 9.05. The van der Waals surface area contributed by atoms with E-state index in [2.05, 4.69) is 0 Å². The van der Waals surface area contributed by atoms with Gasteiger partial charge in [-0.3, -0.25) is 4.79 Å². The monoisotopic (exact) mass is 278 g/mol. The largest absolute Gasteiger partial charge is 0.395 e. The highest BCUT2D eigenvalue weighted by Crippen LogP contribution is 2.36. The van der Waals surface area contributed by atoms with Gasteiger partial charge in [-0.1, -0.05) is 25.7 Å². The van der Waals surface area contributed by atoms with Crippen molar-refractivity contribution in [2.75, 3.05) is 26.2 Å². The van der Waals surface area contributed by atoms with E-state index in [0.717, 1.165) is 30.6 Å². The summed E-state index contributed by atoms with van der Waals surface area (Å²) in [6.07, 6.45) is 2.67. The minimum Gasteiger partial charge on any atom is -0.395 e. The molecule has 0 aromatic carbocycles. The molecule has 0 aliphatic heterocycles. The molecule has 0 aromatic heterocycles. The molecule has 1 amide bonds. The molecular formula is C13H24F2N2O2. The highest BCUT2D eigenvalue weighted by Gasteiger charge is 2.40. The molecule has 1 aliphatic carbocycles. The van der Waals surface area contributed by atoms with Crippen molar-refractivity contribution in [2.24, 2.45) is 11.1 Å². The van der Waals surface area contributed by atoms with Crippen molar-refractivity contribution < 1.29 is 18.7 Å². The molecular weight excluding hydrogens is 254 g/mol. The van der Waals surface area contributed by atoms with Crippen molar-refractivity contribution in [2.45, 2.75) is 45.0 Å². The molecule has 0 atom stereocenters. The molecule has 0 saturated heterocycles. The van der Waals surface area contributed by atoms with Gasteiger partial charge in [-0.05, 0) is 12.8 Å². The lowest BCUT2D eigenvalue weighted by Gasteiger charge is -2.35. The van der Waals surface area contributed by atoms with Gasteiger partial charge in [0.2, 0.25) is 5.91 Å². The van der Waals surface area contributed by atoms with E-state index in [1.54, 1.807) is 0 Å². The predicted molar refractivity (Wildman–Crippen MR) is 68.9 cm³/mol.